The Morgan fingerprint density at radius 2 is 1.96 bits per heavy atom. The van der Waals surface area contributed by atoms with Crippen LogP contribution in [-0.2, 0) is 6.54 Å². The Bertz CT molecular complexity index is 736. The maximum absolute atomic E-state index is 11.0. The van der Waals surface area contributed by atoms with Gasteiger partial charge in [0.05, 0.1) is 5.69 Å². The summed E-state index contributed by atoms with van der Waals surface area (Å²) in [5.41, 5.74) is 10.2. The number of likely N-dealkylation sites (N-methyl/N-ethyl adjacent to an activating group) is 1. The molecule has 0 spiro atoms. The standard InChI is InChI=1S/C19H25N5O/c1-14-3-5-16(22-19(20)25)11-18(14)15-4-6-17(21-12-15)13-24-9-7-23(2)8-10-24/h3-6,11-12H,7-10,13H2,1-2H3,(H3,20,22,25). The number of amides is 2. The molecule has 6 nitrogen and oxygen atoms in total. The number of rotatable bonds is 4. The zero-order valence-electron chi connectivity index (χ0n) is 14.8. The first-order valence-corrected chi connectivity index (χ1v) is 8.54. The number of urea groups is 1. The number of nitrogens with one attached hydrogen (secondary N) is 1. The van der Waals surface area contributed by atoms with Crippen molar-refractivity contribution >= 4 is 11.7 Å². The smallest absolute Gasteiger partial charge is 0.316 e. The van der Waals surface area contributed by atoms with E-state index in [0.29, 0.717) is 5.69 Å². The lowest BCUT2D eigenvalue weighted by molar-refractivity contribution is 0.147. The van der Waals surface area contributed by atoms with Crippen LogP contribution in [0.5, 0.6) is 0 Å². The van der Waals surface area contributed by atoms with Gasteiger partial charge in [0, 0.05) is 50.2 Å². The molecule has 3 rings (SSSR count). The number of aromatic nitrogens is 1. The quantitative estimate of drug-likeness (QED) is 0.896. The molecule has 1 aliphatic rings. The van der Waals surface area contributed by atoms with Gasteiger partial charge in [-0.05, 0) is 43.3 Å². The third kappa shape index (κ3) is 4.55. The molecular formula is C19H25N5O. The van der Waals surface area contributed by atoms with Crippen molar-refractivity contribution in [1.82, 2.24) is 14.8 Å². The first kappa shape index (κ1) is 17.4. The van der Waals surface area contributed by atoms with E-state index in [1.54, 1.807) is 0 Å². The molecule has 25 heavy (non-hydrogen) atoms. The van der Waals surface area contributed by atoms with E-state index in [1.165, 1.54) is 0 Å². The summed E-state index contributed by atoms with van der Waals surface area (Å²) in [7, 11) is 2.16. The van der Waals surface area contributed by atoms with Gasteiger partial charge in [-0.2, -0.15) is 0 Å². The first-order chi connectivity index (χ1) is 12.0. The summed E-state index contributed by atoms with van der Waals surface area (Å²) in [6, 6.07) is 9.36. The summed E-state index contributed by atoms with van der Waals surface area (Å²) in [5.74, 6) is 0. The second-order valence-corrected chi connectivity index (χ2v) is 6.64. The molecule has 1 aliphatic heterocycles. The Morgan fingerprint density at radius 3 is 2.60 bits per heavy atom. The van der Waals surface area contributed by atoms with Crippen LogP contribution in [0, 0.1) is 6.92 Å². The molecule has 0 atom stereocenters. The number of anilines is 1. The van der Waals surface area contributed by atoms with Gasteiger partial charge in [-0.1, -0.05) is 12.1 Å². The van der Waals surface area contributed by atoms with Gasteiger partial charge in [-0.25, -0.2) is 4.79 Å². The van der Waals surface area contributed by atoms with Crippen LogP contribution in [0.25, 0.3) is 11.1 Å². The number of pyridine rings is 1. The van der Waals surface area contributed by atoms with Crippen molar-refractivity contribution in [3.05, 3.63) is 47.8 Å². The zero-order valence-corrected chi connectivity index (χ0v) is 14.8. The molecular weight excluding hydrogens is 314 g/mol. The summed E-state index contributed by atoms with van der Waals surface area (Å²) in [6.07, 6.45) is 1.90. The summed E-state index contributed by atoms with van der Waals surface area (Å²) in [6.45, 7) is 7.31. The maximum Gasteiger partial charge on any atom is 0.316 e. The first-order valence-electron chi connectivity index (χ1n) is 8.54. The Labute approximate surface area is 148 Å². The van der Waals surface area contributed by atoms with Gasteiger partial charge in [0.2, 0.25) is 0 Å². The number of nitrogens with zero attached hydrogens (tertiary/aromatic N) is 3. The van der Waals surface area contributed by atoms with Crippen LogP contribution >= 0.6 is 0 Å². The van der Waals surface area contributed by atoms with E-state index in [1.807, 2.05) is 31.3 Å². The van der Waals surface area contributed by atoms with Gasteiger partial charge < -0.3 is 16.0 Å². The van der Waals surface area contributed by atoms with Crippen LogP contribution in [0.3, 0.4) is 0 Å². The Kier molecular flexibility index (Phi) is 5.31. The average molecular weight is 339 g/mol. The number of hydrogen-bond donors (Lipinski definition) is 2. The number of benzene rings is 1. The molecule has 132 valence electrons. The van der Waals surface area contributed by atoms with Crippen LogP contribution < -0.4 is 11.1 Å². The molecule has 1 aromatic carbocycles. The Hall–Kier alpha value is -2.44. The van der Waals surface area contributed by atoms with Crippen molar-refractivity contribution in [2.45, 2.75) is 13.5 Å². The van der Waals surface area contributed by atoms with Crippen LogP contribution in [0.1, 0.15) is 11.3 Å². The molecule has 0 aliphatic carbocycles. The predicted molar refractivity (Wildman–Crippen MR) is 100 cm³/mol. The molecule has 2 amide bonds. The number of carbonyl (C=O) groups excluding carboxylic acids is 1. The van der Waals surface area contributed by atoms with Gasteiger partial charge >= 0.3 is 6.03 Å². The molecule has 2 heterocycles. The molecule has 0 saturated carbocycles. The van der Waals surface area contributed by atoms with E-state index in [2.05, 4.69) is 39.3 Å². The van der Waals surface area contributed by atoms with Crippen molar-refractivity contribution in [2.75, 3.05) is 38.5 Å². The Morgan fingerprint density at radius 1 is 1.20 bits per heavy atom. The van der Waals surface area contributed by atoms with Gasteiger partial charge in [0.25, 0.3) is 0 Å². The van der Waals surface area contributed by atoms with Crippen LogP contribution in [0.15, 0.2) is 36.5 Å². The van der Waals surface area contributed by atoms with Gasteiger partial charge in [-0.3, -0.25) is 9.88 Å². The summed E-state index contributed by atoms with van der Waals surface area (Å²) < 4.78 is 0. The summed E-state index contributed by atoms with van der Waals surface area (Å²) in [4.78, 5) is 20.5. The summed E-state index contributed by atoms with van der Waals surface area (Å²) in [5, 5.41) is 2.62. The van der Waals surface area contributed by atoms with Crippen molar-refractivity contribution in [3.63, 3.8) is 0 Å². The van der Waals surface area contributed by atoms with Gasteiger partial charge in [0.15, 0.2) is 0 Å². The lowest BCUT2D eigenvalue weighted by Gasteiger charge is -2.32. The number of nitrogens with two attached hydrogens (primary N) is 1. The van der Waals surface area contributed by atoms with Crippen LogP contribution in [-0.4, -0.2) is 54.0 Å². The van der Waals surface area contributed by atoms with E-state index in [0.717, 1.165) is 55.1 Å². The molecule has 0 unspecified atom stereocenters. The molecule has 6 heteroatoms. The Balaban J connectivity index is 1.72. The van der Waals surface area contributed by atoms with Crippen molar-refractivity contribution < 1.29 is 4.79 Å². The molecule has 1 aromatic heterocycles. The third-order valence-electron chi connectivity index (χ3n) is 4.62. The number of aryl methyl sites for hydroxylation is 1. The lowest BCUT2D eigenvalue weighted by Crippen LogP contribution is -2.43. The van der Waals surface area contributed by atoms with Crippen molar-refractivity contribution in [2.24, 2.45) is 5.73 Å². The summed E-state index contributed by atoms with van der Waals surface area (Å²) >= 11 is 0. The predicted octanol–water partition coefficient (Wildman–Crippen LogP) is 2.30. The van der Waals surface area contributed by atoms with Crippen molar-refractivity contribution in [3.8, 4) is 11.1 Å². The highest BCUT2D eigenvalue weighted by molar-refractivity contribution is 5.89. The van der Waals surface area contributed by atoms with Gasteiger partial charge in [-0.15, -0.1) is 0 Å². The largest absolute Gasteiger partial charge is 0.351 e. The van der Waals surface area contributed by atoms with E-state index in [4.69, 9.17) is 5.73 Å². The van der Waals surface area contributed by atoms with Crippen LogP contribution in [0.4, 0.5) is 10.5 Å². The normalized spacial score (nSPS) is 15.9. The topological polar surface area (TPSA) is 74.5 Å². The maximum atomic E-state index is 11.0. The third-order valence-corrected chi connectivity index (χ3v) is 4.62. The number of carbonyl (C=O) groups is 1. The molecule has 0 bridgehead atoms. The second kappa shape index (κ2) is 7.63. The molecule has 2 aromatic rings. The fourth-order valence-electron chi connectivity index (χ4n) is 3.07. The highest BCUT2D eigenvalue weighted by Gasteiger charge is 2.14. The van der Waals surface area contributed by atoms with E-state index in [-0.39, 0.29) is 0 Å². The molecule has 1 saturated heterocycles. The fraction of sp³-hybridized carbons (Fsp3) is 0.368. The minimum absolute atomic E-state index is 0.560. The second-order valence-electron chi connectivity index (χ2n) is 6.64. The molecule has 1 fully saturated rings. The SMILES string of the molecule is Cc1ccc(NC(N)=O)cc1-c1ccc(CN2CCN(C)CC2)nc1. The van der Waals surface area contributed by atoms with E-state index in [9.17, 15) is 4.79 Å². The van der Waals surface area contributed by atoms with E-state index < -0.39 is 6.03 Å². The highest BCUT2D eigenvalue weighted by atomic mass is 16.2. The monoisotopic (exact) mass is 339 g/mol. The minimum atomic E-state index is -0.560. The fourth-order valence-corrected chi connectivity index (χ4v) is 3.07. The minimum Gasteiger partial charge on any atom is -0.351 e. The lowest BCUT2D eigenvalue weighted by atomic mass is 10.0. The number of hydrogen-bond acceptors (Lipinski definition) is 4. The molecule has 3 N–H and O–H groups in total. The average Bonchev–Trinajstić information content (AvgIpc) is 2.59. The highest BCUT2D eigenvalue weighted by Crippen LogP contribution is 2.26. The number of piperazine rings is 1. The van der Waals surface area contributed by atoms with Gasteiger partial charge in [0.1, 0.15) is 0 Å². The number of primary amides is 1. The van der Waals surface area contributed by atoms with Crippen LogP contribution in [0.2, 0.25) is 0 Å². The zero-order chi connectivity index (χ0) is 17.8. The van der Waals surface area contributed by atoms with Crippen molar-refractivity contribution in [1.29, 1.82) is 0 Å². The van der Waals surface area contributed by atoms with E-state index >= 15 is 0 Å². The molecule has 0 radical (unpaired) electrons.